The Bertz CT molecular complexity index is 988. The molecule has 1 aliphatic heterocycles. The molecule has 2 aromatic rings. The van der Waals surface area contributed by atoms with E-state index in [0.29, 0.717) is 11.3 Å². The molecule has 3 rings (SSSR count). The highest BCUT2D eigenvalue weighted by molar-refractivity contribution is 9.10. The van der Waals surface area contributed by atoms with Crippen LogP contribution < -0.4 is 14.8 Å². The fourth-order valence-electron chi connectivity index (χ4n) is 2.46. The zero-order valence-corrected chi connectivity index (χ0v) is 15.4. The molecule has 0 spiro atoms. The van der Waals surface area contributed by atoms with Gasteiger partial charge in [-0.15, -0.1) is 0 Å². The molecule has 0 saturated carbocycles. The van der Waals surface area contributed by atoms with Gasteiger partial charge in [0, 0.05) is 16.6 Å². The summed E-state index contributed by atoms with van der Waals surface area (Å²) >= 11 is 3.33. The Morgan fingerprint density at radius 1 is 1.08 bits per heavy atom. The van der Waals surface area contributed by atoms with Gasteiger partial charge in [-0.25, -0.2) is 13.1 Å². The van der Waals surface area contributed by atoms with E-state index in [1.54, 1.807) is 18.2 Å². The first-order valence-electron chi connectivity index (χ1n) is 7.13. The standard InChI is InChI=1S/C16H13BrN2O5S/c1-24-14-5-2-10(17)6-9(14)8-18-25(22,23)11-3-4-12-13(7-11)16(21)19-15(12)20/h2-7,18H,8H2,1H3,(H,19,20,21). The summed E-state index contributed by atoms with van der Waals surface area (Å²) < 4.78 is 33.5. The van der Waals surface area contributed by atoms with Gasteiger partial charge in [0.05, 0.1) is 23.1 Å². The van der Waals surface area contributed by atoms with Crippen LogP contribution in [0.4, 0.5) is 0 Å². The van der Waals surface area contributed by atoms with Crippen LogP contribution in [0.5, 0.6) is 5.75 Å². The van der Waals surface area contributed by atoms with E-state index in [2.05, 4.69) is 26.0 Å². The number of carbonyl (C=O) groups is 2. The Balaban J connectivity index is 1.86. The second-order valence-corrected chi connectivity index (χ2v) is 7.95. The maximum absolute atomic E-state index is 12.5. The zero-order valence-electron chi connectivity index (χ0n) is 13.0. The molecule has 25 heavy (non-hydrogen) atoms. The average molecular weight is 425 g/mol. The molecule has 0 bridgehead atoms. The lowest BCUT2D eigenvalue weighted by atomic mass is 10.1. The third kappa shape index (κ3) is 3.44. The SMILES string of the molecule is COc1ccc(Br)cc1CNS(=O)(=O)c1ccc2c(c1)C(=O)NC2=O. The van der Waals surface area contributed by atoms with Crippen molar-refractivity contribution in [3.05, 3.63) is 57.6 Å². The highest BCUT2D eigenvalue weighted by Crippen LogP contribution is 2.24. The third-order valence-corrected chi connectivity index (χ3v) is 5.60. The fourth-order valence-corrected chi connectivity index (χ4v) is 3.90. The smallest absolute Gasteiger partial charge is 0.258 e. The van der Waals surface area contributed by atoms with Gasteiger partial charge in [-0.05, 0) is 36.4 Å². The summed E-state index contributed by atoms with van der Waals surface area (Å²) in [4.78, 5) is 23.1. The van der Waals surface area contributed by atoms with Gasteiger partial charge >= 0.3 is 0 Å². The van der Waals surface area contributed by atoms with E-state index < -0.39 is 21.8 Å². The summed E-state index contributed by atoms with van der Waals surface area (Å²) in [7, 11) is -2.37. The lowest BCUT2D eigenvalue weighted by Crippen LogP contribution is -2.24. The zero-order chi connectivity index (χ0) is 18.2. The van der Waals surface area contributed by atoms with Gasteiger partial charge in [-0.3, -0.25) is 14.9 Å². The fraction of sp³-hybridized carbons (Fsp3) is 0.125. The summed E-state index contributed by atoms with van der Waals surface area (Å²) in [5.74, 6) is -0.591. The van der Waals surface area contributed by atoms with Crippen molar-refractivity contribution in [1.82, 2.24) is 10.0 Å². The molecule has 2 N–H and O–H groups in total. The van der Waals surface area contributed by atoms with Crippen molar-refractivity contribution in [2.45, 2.75) is 11.4 Å². The number of imide groups is 1. The molecule has 0 aromatic heterocycles. The Morgan fingerprint density at radius 3 is 2.52 bits per heavy atom. The van der Waals surface area contributed by atoms with Gasteiger partial charge in [-0.1, -0.05) is 15.9 Å². The molecule has 0 unspecified atom stereocenters. The molecular weight excluding hydrogens is 412 g/mol. The summed E-state index contributed by atoms with van der Waals surface area (Å²) in [6.45, 7) is 0.00710. The van der Waals surface area contributed by atoms with Crippen molar-refractivity contribution in [2.75, 3.05) is 7.11 Å². The number of sulfonamides is 1. The number of halogens is 1. The van der Waals surface area contributed by atoms with Gasteiger partial charge in [0.1, 0.15) is 5.75 Å². The van der Waals surface area contributed by atoms with Crippen LogP contribution in [-0.2, 0) is 16.6 Å². The molecule has 0 saturated heterocycles. The van der Waals surface area contributed by atoms with Gasteiger partial charge < -0.3 is 4.74 Å². The maximum Gasteiger partial charge on any atom is 0.258 e. The van der Waals surface area contributed by atoms with Crippen LogP contribution in [0.15, 0.2) is 45.8 Å². The minimum atomic E-state index is -3.87. The Morgan fingerprint density at radius 2 is 1.80 bits per heavy atom. The van der Waals surface area contributed by atoms with E-state index in [9.17, 15) is 18.0 Å². The molecule has 0 radical (unpaired) electrons. The average Bonchev–Trinajstić information content (AvgIpc) is 2.87. The quantitative estimate of drug-likeness (QED) is 0.712. The van der Waals surface area contributed by atoms with E-state index in [0.717, 1.165) is 4.47 Å². The van der Waals surface area contributed by atoms with E-state index in [1.165, 1.54) is 25.3 Å². The van der Waals surface area contributed by atoms with Crippen molar-refractivity contribution < 1.29 is 22.7 Å². The van der Waals surface area contributed by atoms with Crippen molar-refractivity contribution in [3.8, 4) is 5.75 Å². The van der Waals surface area contributed by atoms with E-state index in [1.807, 2.05) is 0 Å². The summed E-state index contributed by atoms with van der Waals surface area (Å²) in [5, 5.41) is 2.13. The van der Waals surface area contributed by atoms with E-state index in [-0.39, 0.29) is 22.6 Å². The molecule has 7 nitrogen and oxygen atoms in total. The summed E-state index contributed by atoms with van der Waals surface area (Å²) in [5.41, 5.74) is 0.861. The Hall–Kier alpha value is -2.23. The van der Waals surface area contributed by atoms with E-state index >= 15 is 0 Å². The molecule has 2 amide bonds. The second kappa shape index (κ2) is 6.58. The van der Waals surface area contributed by atoms with E-state index in [4.69, 9.17) is 4.74 Å². The number of methoxy groups -OCH3 is 1. The topological polar surface area (TPSA) is 102 Å². The van der Waals surface area contributed by atoms with Gasteiger partial charge in [0.25, 0.3) is 11.8 Å². The Labute approximate surface area is 152 Å². The molecular formula is C16H13BrN2O5S. The first-order chi connectivity index (χ1) is 11.8. The number of nitrogens with one attached hydrogen (secondary N) is 2. The number of rotatable bonds is 5. The number of hydrogen-bond acceptors (Lipinski definition) is 5. The number of amides is 2. The molecule has 0 aliphatic carbocycles. The summed E-state index contributed by atoms with van der Waals surface area (Å²) in [6, 6.07) is 9.06. The van der Waals surface area contributed by atoms with Crippen LogP contribution in [0, 0.1) is 0 Å². The number of fused-ring (bicyclic) bond motifs is 1. The van der Waals surface area contributed by atoms with Crippen LogP contribution >= 0.6 is 15.9 Å². The predicted octanol–water partition coefficient (Wildman–Crippen LogP) is 1.82. The lowest BCUT2D eigenvalue weighted by molar-refractivity contribution is 0.0879. The second-order valence-electron chi connectivity index (χ2n) is 5.27. The van der Waals surface area contributed by atoms with Crippen LogP contribution in [0.1, 0.15) is 26.3 Å². The van der Waals surface area contributed by atoms with Crippen molar-refractivity contribution >= 4 is 37.8 Å². The van der Waals surface area contributed by atoms with Gasteiger partial charge in [-0.2, -0.15) is 0 Å². The molecule has 130 valence electrons. The van der Waals surface area contributed by atoms with Gasteiger partial charge in [0.2, 0.25) is 10.0 Å². The third-order valence-electron chi connectivity index (χ3n) is 3.71. The lowest BCUT2D eigenvalue weighted by Gasteiger charge is -2.11. The number of carbonyl (C=O) groups excluding carboxylic acids is 2. The molecule has 0 atom stereocenters. The minimum Gasteiger partial charge on any atom is -0.496 e. The Kier molecular flexibility index (Phi) is 4.63. The monoisotopic (exact) mass is 424 g/mol. The first kappa shape index (κ1) is 17.6. The van der Waals surface area contributed by atoms with Crippen molar-refractivity contribution in [3.63, 3.8) is 0 Å². The molecule has 1 heterocycles. The number of hydrogen-bond donors (Lipinski definition) is 2. The van der Waals surface area contributed by atoms with Crippen molar-refractivity contribution in [1.29, 1.82) is 0 Å². The van der Waals surface area contributed by atoms with Crippen molar-refractivity contribution in [2.24, 2.45) is 0 Å². The molecule has 9 heteroatoms. The minimum absolute atomic E-state index is 0.00710. The van der Waals surface area contributed by atoms with Crippen LogP contribution in [0.3, 0.4) is 0 Å². The highest BCUT2D eigenvalue weighted by atomic mass is 79.9. The molecule has 1 aliphatic rings. The van der Waals surface area contributed by atoms with Crippen LogP contribution in [-0.4, -0.2) is 27.3 Å². The normalized spacial score (nSPS) is 13.5. The molecule has 0 fully saturated rings. The van der Waals surface area contributed by atoms with Gasteiger partial charge in [0.15, 0.2) is 0 Å². The maximum atomic E-state index is 12.5. The highest BCUT2D eigenvalue weighted by Gasteiger charge is 2.28. The largest absolute Gasteiger partial charge is 0.496 e. The summed E-state index contributed by atoms with van der Waals surface area (Å²) in [6.07, 6.45) is 0. The van der Waals surface area contributed by atoms with Crippen LogP contribution in [0.25, 0.3) is 0 Å². The number of benzene rings is 2. The molecule has 2 aromatic carbocycles. The number of ether oxygens (including phenoxy) is 1. The predicted molar refractivity (Wildman–Crippen MR) is 93.0 cm³/mol. The van der Waals surface area contributed by atoms with Crippen LogP contribution in [0.2, 0.25) is 0 Å². The first-order valence-corrected chi connectivity index (χ1v) is 9.41.